The number of ether oxygens (including phenoxy) is 2. The lowest BCUT2D eigenvalue weighted by atomic mass is 9.89. The van der Waals surface area contributed by atoms with Crippen LogP contribution in [-0.4, -0.2) is 23.6 Å². The smallest absolute Gasteiger partial charge is 0.308 e. The predicted molar refractivity (Wildman–Crippen MR) is 86.8 cm³/mol. The quantitative estimate of drug-likeness (QED) is 0.410. The molecular weight excluding hydrogens is 405 g/mol. The van der Waals surface area contributed by atoms with Crippen LogP contribution in [0, 0.1) is 23.5 Å². The fourth-order valence-corrected chi connectivity index (χ4v) is 3.49. The first-order chi connectivity index (χ1) is 10.4. The lowest BCUT2D eigenvalue weighted by Gasteiger charge is -2.27. The van der Waals surface area contributed by atoms with Gasteiger partial charge in [-0.1, -0.05) is 42.5 Å². The van der Waals surface area contributed by atoms with Crippen molar-refractivity contribution < 1.29 is 23.0 Å². The molecule has 2 atom stereocenters. The molecule has 1 fully saturated rings. The van der Waals surface area contributed by atoms with Gasteiger partial charge in [0.25, 0.3) is 0 Å². The molecule has 1 aliphatic rings. The summed E-state index contributed by atoms with van der Waals surface area (Å²) in [7, 11) is 0. The molecule has 1 aromatic carbocycles. The van der Waals surface area contributed by atoms with E-state index in [1.54, 1.807) is 13.8 Å². The Morgan fingerprint density at radius 2 is 2.23 bits per heavy atom. The Morgan fingerprint density at radius 1 is 1.50 bits per heavy atom. The molecule has 122 valence electrons. The van der Waals surface area contributed by atoms with Crippen molar-refractivity contribution in [1.29, 1.82) is 0 Å². The minimum absolute atomic E-state index is 0.0157. The Labute approximate surface area is 142 Å². The molecular formula is C16H19F2IO3. The van der Waals surface area contributed by atoms with Gasteiger partial charge in [0.15, 0.2) is 0 Å². The van der Waals surface area contributed by atoms with Crippen molar-refractivity contribution in [3.05, 3.63) is 35.4 Å². The fraction of sp³-hybridized carbons (Fsp3) is 0.562. The van der Waals surface area contributed by atoms with E-state index in [2.05, 4.69) is 22.6 Å². The van der Waals surface area contributed by atoms with Crippen LogP contribution in [0.2, 0.25) is 0 Å². The second-order valence-electron chi connectivity index (χ2n) is 5.92. The molecule has 0 radical (unpaired) electrons. The van der Waals surface area contributed by atoms with Crippen molar-refractivity contribution in [3.8, 4) is 0 Å². The third-order valence-corrected chi connectivity index (χ3v) is 5.02. The maximum absolute atomic E-state index is 14.1. The lowest BCUT2D eigenvalue weighted by molar-refractivity contribution is -0.148. The van der Waals surface area contributed by atoms with Gasteiger partial charge in [-0.05, 0) is 12.5 Å². The third kappa shape index (κ3) is 3.76. The molecule has 0 unspecified atom stereocenters. The highest BCUT2D eigenvalue weighted by atomic mass is 127. The summed E-state index contributed by atoms with van der Waals surface area (Å²) in [6.45, 7) is 4.20. The highest BCUT2D eigenvalue weighted by Crippen LogP contribution is 2.42. The molecule has 1 aliphatic heterocycles. The summed E-state index contributed by atoms with van der Waals surface area (Å²) in [5.41, 5.74) is -0.422. The molecule has 0 saturated carbocycles. The Kier molecular flexibility index (Phi) is 5.76. The van der Waals surface area contributed by atoms with E-state index in [4.69, 9.17) is 9.47 Å². The van der Waals surface area contributed by atoms with Crippen molar-refractivity contribution >= 4 is 28.6 Å². The van der Waals surface area contributed by atoms with Crippen LogP contribution in [0.3, 0.4) is 0 Å². The summed E-state index contributed by atoms with van der Waals surface area (Å²) in [5, 5.41) is 0. The average molecular weight is 424 g/mol. The van der Waals surface area contributed by atoms with Gasteiger partial charge >= 0.3 is 5.97 Å². The maximum atomic E-state index is 14.1. The number of carbonyl (C=O) groups excluding carboxylic acids is 1. The van der Waals surface area contributed by atoms with Crippen LogP contribution >= 0.6 is 22.6 Å². The van der Waals surface area contributed by atoms with Crippen LogP contribution in [0.25, 0.3) is 0 Å². The Hall–Kier alpha value is -0.760. The van der Waals surface area contributed by atoms with E-state index in [9.17, 15) is 13.6 Å². The first-order valence-corrected chi connectivity index (χ1v) is 8.72. The summed E-state index contributed by atoms with van der Waals surface area (Å²) in [6, 6.07) is 3.55. The van der Waals surface area contributed by atoms with E-state index in [0.717, 1.165) is 6.07 Å². The van der Waals surface area contributed by atoms with E-state index in [-0.39, 0.29) is 24.4 Å². The number of alkyl halides is 1. The van der Waals surface area contributed by atoms with Crippen molar-refractivity contribution in [3.63, 3.8) is 0 Å². The van der Waals surface area contributed by atoms with Gasteiger partial charge in [0.05, 0.1) is 19.1 Å². The van der Waals surface area contributed by atoms with Crippen molar-refractivity contribution in [2.75, 3.05) is 17.6 Å². The van der Waals surface area contributed by atoms with Crippen molar-refractivity contribution in [2.24, 2.45) is 11.8 Å². The van der Waals surface area contributed by atoms with Crippen LogP contribution in [0.1, 0.15) is 25.8 Å². The average Bonchev–Trinajstić information content (AvgIpc) is 2.89. The van der Waals surface area contributed by atoms with E-state index >= 15 is 0 Å². The molecule has 1 heterocycles. The second-order valence-corrected chi connectivity index (χ2v) is 6.68. The number of carbonyl (C=O) groups is 1. The molecule has 0 amide bonds. The van der Waals surface area contributed by atoms with E-state index in [1.807, 2.05) is 0 Å². The van der Waals surface area contributed by atoms with Crippen LogP contribution < -0.4 is 0 Å². The second kappa shape index (κ2) is 7.21. The zero-order valence-electron chi connectivity index (χ0n) is 12.6. The molecule has 6 heteroatoms. The predicted octanol–water partition coefficient (Wildman–Crippen LogP) is 3.83. The van der Waals surface area contributed by atoms with Crippen molar-refractivity contribution in [2.45, 2.75) is 25.9 Å². The molecule has 0 N–H and O–H groups in total. The number of hydrogen-bond acceptors (Lipinski definition) is 3. The Balaban J connectivity index is 2.08. The van der Waals surface area contributed by atoms with Gasteiger partial charge in [0.1, 0.15) is 17.2 Å². The number of hydrogen-bond donors (Lipinski definition) is 0. The van der Waals surface area contributed by atoms with Gasteiger partial charge in [-0.15, -0.1) is 0 Å². The standard InChI is InChI=1S/C16H19F2IO3/c1-10(2)15(20)21-7-11-6-16(9-19,22-8-11)13-4-3-12(17)5-14(13)18/h3-5,10-11H,6-9H2,1-2H3/t11-,16+/m1/s1. The van der Waals surface area contributed by atoms with Gasteiger partial charge in [0, 0.05) is 22.0 Å². The van der Waals surface area contributed by atoms with Gasteiger partial charge in [0.2, 0.25) is 0 Å². The third-order valence-electron chi connectivity index (χ3n) is 3.78. The maximum Gasteiger partial charge on any atom is 0.308 e. The van der Waals surface area contributed by atoms with Crippen LogP contribution in [0.5, 0.6) is 0 Å². The lowest BCUT2D eigenvalue weighted by Crippen LogP contribution is -2.28. The molecule has 0 spiro atoms. The van der Waals surface area contributed by atoms with Crippen LogP contribution in [0.15, 0.2) is 18.2 Å². The first kappa shape index (κ1) is 17.6. The summed E-state index contributed by atoms with van der Waals surface area (Å²) >= 11 is 2.14. The molecule has 3 nitrogen and oxygen atoms in total. The summed E-state index contributed by atoms with van der Waals surface area (Å²) in [6.07, 6.45) is 0.546. The number of halogens is 3. The van der Waals surface area contributed by atoms with Crippen molar-refractivity contribution in [1.82, 2.24) is 0 Å². The van der Waals surface area contributed by atoms with Crippen LogP contribution in [0.4, 0.5) is 8.78 Å². The van der Waals surface area contributed by atoms with Crippen LogP contribution in [-0.2, 0) is 19.9 Å². The van der Waals surface area contributed by atoms with Gasteiger partial charge in [-0.3, -0.25) is 4.79 Å². The zero-order chi connectivity index (χ0) is 16.3. The topological polar surface area (TPSA) is 35.5 Å². The summed E-state index contributed by atoms with van der Waals surface area (Å²) in [4.78, 5) is 11.5. The first-order valence-electron chi connectivity index (χ1n) is 7.20. The number of esters is 1. The molecule has 0 aromatic heterocycles. The highest BCUT2D eigenvalue weighted by Gasteiger charge is 2.43. The SMILES string of the molecule is CC(C)C(=O)OC[C@@H]1CO[C@@](CI)(c2ccc(F)cc2F)C1. The number of benzene rings is 1. The Morgan fingerprint density at radius 3 is 2.82 bits per heavy atom. The highest BCUT2D eigenvalue weighted by molar-refractivity contribution is 14.1. The van der Waals surface area contributed by atoms with E-state index in [1.165, 1.54) is 12.1 Å². The molecule has 2 rings (SSSR count). The van der Waals surface area contributed by atoms with Gasteiger partial charge in [-0.25, -0.2) is 8.78 Å². The van der Waals surface area contributed by atoms with Gasteiger partial charge < -0.3 is 9.47 Å². The van der Waals surface area contributed by atoms with E-state index in [0.29, 0.717) is 23.0 Å². The molecule has 0 aliphatic carbocycles. The molecule has 22 heavy (non-hydrogen) atoms. The molecule has 1 aromatic rings. The minimum atomic E-state index is -0.784. The van der Waals surface area contributed by atoms with E-state index < -0.39 is 17.2 Å². The van der Waals surface area contributed by atoms with Gasteiger partial charge in [-0.2, -0.15) is 0 Å². The largest absolute Gasteiger partial charge is 0.465 e. The summed E-state index contributed by atoms with van der Waals surface area (Å²) < 4.78 is 38.8. The zero-order valence-corrected chi connectivity index (χ0v) is 14.7. The summed E-state index contributed by atoms with van der Waals surface area (Å²) in [5.74, 6) is -1.62. The fourth-order valence-electron chi connectivity index (χ4n) is 2.55. The minimum Gasteiger partial charge on any atom is -0.465 e. The monoisotopic (exact) mass is 424 g/mol. The Bertz CT molecular complexity index is 550. The molecule has 0 bridgehead atoms. The molecule has 1 saturated heterocycles. The normalized spacial score (nSPS) is 24.7. The number of rotatable bonds is 5.